The molecule has 2 fully saturated rings. The molecular weight excluding hydrogens is 513 g/mol. The normalized spacial score (nSPS) is 18.8. The van der Waals surface area contributed by atoms with E-state index in [4.69, 9.17) is 9.47 Å². The fourth-order valence-electron chi connectivity index (χ4n) is 5.46. The van der Waals surface area contributed by atoms with Gasteiger partial charge in [0.05, 0.1) is 25.3 Å². The molecule has 0 saturated carbocycles. The lowest BCUT2D eigenvalue weighted by molar-refractivity contribution is -0.128. The molecule has 0 aromatic heterocycles. The van der Waals surface area contributed by atoms with E-state index in [9.17, 15) is 18.8 Å². The average molecular weight is 546 g/mol. The van der Waals surface area contributed by atoms with Crippen LogP contribution in [0.4, 0.5) is 4.39 Å². The zero-order valence-corrected chi connectivity index (χ0v) is 22.5. The summed E-state index contributed by atoms with van der Waals surface area (Å²) in [6.07, 6.45) is 0.557. The van der Waals surface area contributed by atoms with E-state index in [-0.39, 0.29) is 56.0 Å². The Bertz CT molecular complexity index is 1390. The van der Waals surface area contributed by atoms with Crippen molar-refractivity contribution in [2.75, 3.05) is 26.8 Å². The summed E-state index contributed by atoms with van der Waals surface area (Å²) >= 11 is 0. The third-order valence-electron chi connectivity index (χ3n) is 7.69. The zero-order valence-electron chi connectivity index (χ0n) is 22.5. The molecule has 2 aliphatic rings. The second-order valence-corrected chi connectivity index (χ2v) is 10.1. The van der Waals surface area contributed by atoms with Crippen molar-refractivity contribution in [1.82, 2.24) is 15.1 Å². The van der Waals surface area contributed by atoms with Gasteiger partial charge in [0, 0.05) is 31.5 Å². The summed E-state index contributed by atoms with van der Waals surface area (Å²) < 4.78 is 25.9. The van der Waals surface area contributed by atoms with Crippen molar-refractivity contribution >= 4 is 17.7 Å². The van der Waals surface area contributed by atoms with E-state index in [1.807, 2.05) is 37.3 Å². The molecule has 2 atom stereocenters. The van der Waals surface area contributed by atoms with Crippen LogP contribution >= 0.6 is 0 Å². The molecule has 9 heteroatoms. The molecule has 1 spiro atoms. The minimum absolute atomic E-state index is 0.00209. The van der Waals surface area contributed by atoms with Crippen LogP contribution in [0.25, 0.3) is 0 Å². The van der Waals surface area contributed by atoms with Crippen LogP contribution in [0.15, 0.2) is 78.9 Å². The van der Waals surface area contributed by atoms with Crippen LogP contribution in [-0.2, 0) is 9.53 Å². The number of methoxy groups -OCH3 is 1. The van der Waals surface area contributed by atoms with Crippen LogP contribution in [0, 0.1) is 5.82 Å². The van der Waals surface area contributed by atoms with Crippen LogP contribution in [-0.4, -0.2) is 66.1 Å². The lowest BCUT2D eigenvalue weighted by atomic mass is 9.96. The summed E-state index contributed by atoms with van der Waals surface area (Å²) in [5.41, 5.74) is 0.213. The van der Waals surface area contributed by atoms with Gasteiger partial charge in [-0.25, -0.2) is 4.39 Å². The number of halogens is 1. The van der Waals surface area contributed by atoms with E-state index >= 15 is 0 Å². The largest absolute Gasteiger partial charge is 0.497 e. The Morgan fingerprint density at radius 1 is 0.975 bits per heavy atom. The number of likely N-dealkylation sites (tertiary alicyclic amines) is 1. The highest BCUT2D eigenvalue weighted by atomic mass is 19.1. The maximum Gasteiger partial charge on any atom is 0.257 e. The van der Waals surface area contributed by atoms with Gasteiger partial charge in [-0.3, -0.25) is 19.3 Å². The molecule has 5 rings (SSSR count). The third-order valence-corrected chi connectivity index (χ3v) is 7.69. The SMILES string of the molecule is COc1cccc(C(=O)N2[C@@H](C(=O)N[C@H](C)c3ccccc3)COC23CCN(C(=O)c2ccccc2F)CC3)c1. The second-order valence-electron chi connectivity index (χ2n) is 10.1. The number of nitrogens with one attached hydrogen (secondary N) is 1. The standard InChI is InChI=1S/C31H32FN3O5/c1-21(22-9-4-3-5-10-22)33-28(36)27-20-40-31(35(27)29(37)23-11-8-12-24(19-23)39-2)15-17-34(18-16-31)30(38)25-13-6-7-14-26(25)32/h3-14,19,21,27H,15-18,20H2,1-2H3,(H,33,36)/t21-,27-/m1/s1. The molecule has 40 heavy (non-hydrogen) atoms. The van der Waals surface area contributed by atoms with Crippen molar-refractivity contribution < 1.29 is 28.2 Å². The minimum atomic E-state index is -1.09. The highest BCUT2D eigenvalue weighted by Gasteiger charge is 2.54. The highest BCUT2D eigenvalue weighted by molar-refractivity contribution is 5.99. The molecule has 0 bridgehead atoms. The Morgan fingerprint density at radius 2 is 1.68 bits per heavy atom. The predicted octanol–water partition coefficient (Wildman–Crippen LogP) is 4.19. The summed E-state index contributed by atoms with van der Waals surface area (Å²) in [5.74, 6) is -1.16. The van der Waals surface area contributed by atoms with Gasteiger partial charge in [0.25, 0.3) is 11.8 Å². The van der Waals surface area contributed by atoms with Gasteiger partial charge in [-0.1, -0.05) is 48.5 Å². The smallest absolute Gasteiger partial charge is 0.257 e. The fourth-order valence-corrected chi connectivity index (χ4v) is 5.46. The molecule has 3 aromatic rings. The third kappa shape index (κ3) is 5.29. The van der Waals surface area contributed by atoms with Crippen LogP contribution in [0.1, 0.15) is 52.1 Å². The number of benzene rings is 3. The monoisotopic (exact) mass is 545 g/mol. The fraction of sp³-hybridized carbons (Fsp3) is 0.323. The Kier molecular flexibility index (Phi) is 7.84. The van der Waals surface area contributed by atoms with Crippen molar-refractivity contribution in [2.24, 2.45) is 0 Å². The first-order chi connectivity index (χ1) is 19.3. The zero-order chi connectivity index (χ0) is 28.3. The van der Waals surface area contributed by atoms with Crippen LogP contribution < -0.4 is 10.1 Å². The van der Waals surface area contributed by atoms with Gasteiger partial charge in [0.2, 0.25) is 5.91 Å². The highest BCUT2D eigenvalue weighted by Crippen LogP contribution is 2.39. The molecule has 2 heterocycles. The quantitative estimate of drug-likeness (QED) is 0.502. The molecule has 1 N–H and O–H groups in total. The van der Waals surface area contributed by atoms with E-state index in [1.165, 1.54) is 30.2 Å². The second kappa shape index (κ2) is 11.5. The number of amides is 3. The first kappa shape index (κ1) is 27.3. The molecule has 3 aromatic carbocycles. The van der Waals surface area contributed by atoms with E-state index in [1.54, 1.807) is 35.2 Å². The molecule has 2 aliphatic heterocycles. The first-order valence-corrected chi connectivity index (χ1v) is 13.3. The number of carbonyl (C=O) groups excluding carboxylic acids is 3. The van der Waals surface area contributed by atoms with Crippen molar-refractivity contribution in [3.05, 3.63) is 101 Å². The van der Waals surface area contributed by atoms with Crippen molar-refractivity contribution in [3.8, 4) is 5.75 Å². The topological polar surface area (TPSA) is 88.2 Å². The molecule has 0 radical (unpaired) electrons. The average Bonchev–Trinajstić information content (AvgIpc) is 3.35. The van der Waals surface area contributed by atoms with Crippen molar-refractivity contribution in [1.29, 1.82) is 0 Å². The van der Waals surface area contributed by atoms with Crippen LogP contribution in [0.3, 0.4) is 0 Å². The van der Waals surface area contributed by atoms with Crippen molar-refractivity contribution in [2.45, 2.75) is 37.6 Å². The molecule has 0 unspecified atom stereocenters. The molecule has 3 amide bonds. The Morgan fingerprint density at radius 3 is 2.38 bits per heavy atom. The maximum absolute atomic E-state index is 14.3. The molecule has 8 nitrogen and oxygen atoms in total. The number of hydrogen-bond acceptors (Lipinski definition) is 5. The number of rotatable bonds is 6. The van der Waals surface area contributed by atoms with E-state index in [2.05, 4.69) is 5.32 Å². The first-order valence-electron chi connectivity index (χ1n) is 13.3. The molecule has 0 aliphatic carbocycles. The lowest BCUT2D eigenvalue weighted by Crippen LogP contribution is -2.60. The summed E-state index contributed by atoms with van der Waals surface area (Å²) in [4.78, 5) is 43.8. The molecule has 208 valence electrons. The number of carbonyl (C=O) groups is 3. The Labute approximate surface area is 232 Å². The number of hydrogen-bond donors (Lipinski definition) is 1. The van der Waals surface area contributed by atoms with Gasteiger partial charge in [0.1, 0.15) is 23.3 Å². The van der Waals surface area contributed by atoms with E-state index < -0.39 is 23.5 Å². The van der Waals surface area contributed by atoms with E-state index in [0.29, 0.717) is 11.3 Å². The van der Waals surface area contributed by atoms with Gasteiger partial charge in [-0.05, 0) is 42.8 Å². The number of piperidine rings is 1. The lowest BCUT2D eigenvalue weighted by Gasteiger charge is -2.44. The minimum Gasteiger partial charge on any atom is -0.497 e. The molecular formula is C31H32FN3O5. The van der Waals surface area contributed by atoms with Crippen molar-refractivity contribution in [3.63, 3.8) is 0 Å². The van der Waals surface area contributed by atoms with Crippen LogP contribution in [0.2, 0.25) is 0 Å². The van der Waals surface area contributed by atoms with E-state index in [0.717, 1.165) is 5.56 Å². The summed E-state index contributed by atoms with van der Waals surface area (Å²) in [6, 6.07) is 21.1. The predicted molar refractivity (Wildman–Crippen MR) is 146 cm³/mol. The van der Waals surface area contributed by atoms with Crippen LogP contribution in [0.5, 0.6) is 5.75 Å². The number of nitrogens with zero attached hydrogens (tertiary/aromatic N) is 2. The van der Waals surface area contributed by atoms with Gasteiger partial charge in [0.15, 0.2) is 0 Å². The molecule has 2 saturated heterocycles. The number of ether oxygens (including phenoxy) is 2. The Balaban J connectivity index is 1.40. The summed E-state index contributed by atoms with van der Waals surface area (Å²) in [5, 5.41) is 3.03. The maximum atomic E-state index is 14.3. The Hall–Kier alpha value is -4.24. The van der Waals surface area contributed by atoms with Gasteiger partial charge in [-0.2, -0.15) is 0 Å². The van der Waals surface area contributed by atoms with Gasteiger partial charge in [-0.15, -0.1) is 0 Å². The summed E-state index contributed by atoms with van der Waals surface area (Å²) in [7, 11) is 1.52. The van der Waals surface area contributed by atoms with Gasteiger partial charge < -0.3 is 19.7 Å². The summed E-state index contributed by atoms with van der Waals surface area (Å²) in [6.45, 7) is 2.39. The van der Waals surface area contributed by atoms with Gasteiger partial charge >= 0.3 is 0 Å².